The van der Waals surface area contributed by atoms with E-state index in [0.29, 0.717) is 5.92 Å². The van der Waals surface area contributed by atoms with Crippen LogP contribution in [0.1, 0.15) is 26.2 Å². The van der Waals surface area contributed by atoms with Crippen molar-refractivity contribution in [3.8, 4) is 0 Å². The Bertz CT molecular complexity index is 406. The number of carbonyl (C=O) groups is 1. The quantitative estimate of drug-likeness (QED) is 0.670. The number of hydrogen-bond donors (Lipinski definition) is 2. The van der Waals surface area contributed by atoms with Gasteiger partial charge in [-0.2, -0.15) is 0 Å². The summed E-state index contributed by atoms with van der Waals surface area (Å²) in [6, 6.07) is 0. The van der Waals surface area contributed by atoms with Crippen LogP contribution in [0.2, 0.25) is 0 Å². The normalized spacial score (nSPS) is 30.9. The highest BCUT2D eigenvalue weighted by Gasteiger charge is 2.45. The van der Waals surface area contributed by atoms with Gasteiger partial charge >= 0.3 is 6.09 Å². The first kappa shape index (κ1) is 10.8. The van der Waals surface area contributed by atoms with Gasteiger partial charge in [0.2, 0.25) is 0 Å². The maximum Gasteiger partial charge on any atom is 0.412 e. The largest absolute Gasteiger partial charge is 0.438 e. The second-order valence-electron chi connectivity index (χ2n) is 5.17. The van der Waals surface area contributed by atoms with Gasteiger partial charge in [-0.05, 0) is 25.4 Å². The molecule has 0 aromatic carbocycles. The van der Waals surface area contributed by atoms with Crippen LogP contribution in [-0.2, 0) is 4.74 Å². The van der Waals surface area contributed by atoms with Crippen LogP contribution in [0.15, 0.2) is 23.4 Å². The summed E-state index contributed by atoms with van der Waals surface area (Å²) in [7, 11) is 0. The van der Waals surface area contributed by atoms with Gasteiger partial charge in [0.05, 0.1) is 0 Å². The number of amides is 1. The molecule has 3 aliphatic rings. The number of allylic oxidation sites excluding steroid dienone is 2. The second-order valence-corrected chi connectivity index (χ2v) is 5.17. The molecule has 2 fully saturated rings. The van der Waals surface area contributed by atoms with E-state index >= 15 is 0 Å². The smallest absolute Gasteiger partial charge is 0.412 e. The van der Waals surface area contributed by atoms with E-state index in [4.69, 9.17) is 4.74 Å². The molecule has 1 spiro atoms. The first-order chi connectivity index (χ1) is 8.20. The van der Waals surface area contributed by atoms with E-state index in [9.17, 15) is 4.79 Å². The molecule has 3 rings (SSSR count). The van der Waals surface area contributed by atoms with Crippen LogP contribution >= 0.6 is 0 Å². The summed E-state index contributed by atoms with van der Waals surface area (Å²) in [6.07, 6.45) is 6.83. The Morgan fingerprint density at radius 3 is 2.94 bits per heavy atom. The van der Waals surface area contributed by atoms with Crippen LogP contribution in [0.5, 0.6) is 0 Å². The lowest BCUT2D eigenvalue weighted by molar-refractivity contribution is 0.00822. The molecule has 1 aliphatic carbocycles. The lowest BCUT2D eigenvalue weighted by Gasteiger charge is -2.44. The standard InChI is InChI=1S/C13H18N2O2/c1-9-2-3-11-10(8-9)13(17-12(16)15-11)4-6-14-7-5-13/h3,8-9,14H,2,4-7H2,1H3,(H,15,16). The van der Waals surface area contributed by atoms with Crippen LogP contribution in [0.3, 0.4) is 0 Å². The van der Waals surface area contributed by atoms with Gasteiger partial charge < -0.3 is 10.1 Å². The summed E-state index contributed by atoms with van der Waals surface area (Å²) in [5.74, 6) is 0.527. The highest BCUT2D eigenvalue weighted by molar-refractivity contribution is 5.75. The molecule has 2 saturated heterocycles. The number of hydrogen-bond acceptors (Lipinski definition) is 3. The molecule has 0 bridgehead atoms. The zero-order valence-corrected chi connectivity index (χ0v) is 10.1. The molecule has 0 saturated carbocycles. The summed E-state index contributed by atoms with van der Waals surface area (Å²) in [5.41, 5.74) is 1.78. The molecular formula is C13H18N2O2. The molecule has 0 aromatic heterocycles. The highest BCUT2D eigenvalue weighted by Crippen LogP contribution is 2.40. The van der Waals surface area contributed by atoms with Gasteiger partial charge in [0, 0.05) is 24.1 Å². The molecule has 1 amide bonds. The maximum absolute atomic E-state index is 11.7. The first-order valence-electron chi connectivity index (χ1n) is 6.33. The third kappa shape index (κ3) is 1.76. The van der Waals surface area contributed by atoms with Gasteiger partial charge in [0.1, 0.15) is 5.60 Å². The third-order valence-electron chi connectivity index (χ3n) is 3.86. The summed E-state index contributed by atoms with van der Waals surface area (Å²) in [5, 5.41) is 6.14. The third-order valence-corrected chi connectivity index (χ3v) is 3.86. The average molecular weight is 234 g/mol. The minimum Gasteiger partial charge on any atom is -0.438 e. The molecule has 2 aliphatic heterocycles. The predicted octanol–water partition coefficient (Wildman–Crippen LogP) is 1.70. The van der Waals surface area contributed by atoms with E-state index < -0.39 is 0 Å². The molecule has 0 radical (unpaired) electrons. The Morgan fingerprint density at radius 1 is 1.41 bits per heavy atom. The van der Waals surface area contributed by atoms with Gasteiger partial charge in [-0.1, -0.05) is 19.1 Å². The number of fused-ring (bicyclic) bond motifs is 2. The number of piperidine rings is 1. The summed E-state index contributed by atoms with van der Waals surface area (Å²) >= 11 is 0. The van der Waals surface area contributed by atoms with E-state index in [-0.39, 0.29) is 11.7 Å². The molecule has 17 heavy (non-hydrogen) atoms. The topological polar surface area (TPSA) is 50.4 Å². The Balaban J connectivity index is 2.00. The van der Waals surface area contributed by atoms with Crippen LogP contribution < -0.4 is 10.6 Å². The van der Waals surface area contributed by atoms with Crippen LogP contribution in [-0.4, -0.2) is 24.8 Å². The Morgan fingerprint density at radius 2 is 2.18 bits per heavy atom. The molecule has 2 heterocycles. The van der Waals surface area contributed by atoms with Crippen molar-refractivity contribution < 1.29 is 9.53 Å². The van der Waals surface area contributed by atoms with Gasteiger partial charge in [-0.25, -0.2) is 4.79 Å². The number of nitrogens with one attached hydrogen (secondary N) is 2. The first-order valence-corrected chi connectivity index (χ1v) is 6.33. The van der Waals surface area contributed by atoms with E-state index in [0.717, 1.165) is 38.0 Å². The molecule has 4 nitrogen and oxygen atoms in total. The zero-order chi connectivity index (χ0) is 11.9. The molecule has 92 valence electrons. The van der Waals surface area contributed by atoms with Crippen molar-refractivity contribution in [2.75, 3.05) is 13.1 Å². The van der Waals surface area contributed by atoms with E-state index in [1.807, 2.05) is 0 Å². The summed E-state index contributed by atoms with van der Waals surface area (Å²) < 4.78 is 5.63. The minimum atomic E-state index is -0.381. The van der Waals surface area contributed by atoms with E-state index in [1.165, 1.54) is 5.57 Å². The van der Waals surface area contributed by atoms with Gasteiger partial charge in [0.25, 0.3) is 0 Å². The van der Waals surface area contributed by atoms with Crippen LogP contribution in [0.25, 0.3) is 0 Å². The molecule has 2 N–H and O–H groups in total. The van der Waals surface area contributed by atoms with Gasteiger partial charge in [0.15, 0.2) is 0 Å². The lowest BCUT2D eigenvalue weighted by Crippen LogP contribution is -2.53. The Kier molecular flexibility index (Phi) is 2.47. The van der Waals surface area contributed by atoms with Crippen molar-refractivity contribution in [1.29, 1.82) is 0 Å². The highest BCUT2D eigenvalue weighted by atomic mass is 16.6. The van der Waals surface area contributed by atoms with Crippen molar-refractivity contribution in [3.63, 3.8) is 0 Å². The molecule has 1 atom stereocenters. The summed E-state index contributed by atoms with van der Waals surface area (Å²) in [6.45, 7) is 4.02. The minimum absolute atomic E-state index is 0.301. The molecular weight excluding hydrogens is 216 g/mol. The van der Waals surface area contributed by atoms with Crippen molar-refractivity contribution in [3.05, 3.63) is 23.4 Å². The maximum atomic E-state index is 11.7. The molecule has 1 unspecified atom stereocenters. The fraction of sp³-hybridized carbons (Fsp3) is 0.615. The monoisotopic (exact) mass is 234 g/mol. The van der Waals surface area contributed by atoms with Gasteiger partial charge in [-0.15, -0.1) is 0 Å². The predicted molar refractivity (Wildman–Crippen MR) is 64.4 cm³/mol. The number of alkyl carbamates (subject to hydrolysis) is 1. The number of carbonyl (C=O) groups excluding carboxylic acids is 1. The van der Waals surface area contributed by atoms with Crippen LogP contribution in [0, 0.1) is 5.92 Å². The number of ether oxygens (including phenoxy) is 1. The number of rotatable bonds is 0. The average Bonchev–Trinajstić information content (AvgIpc) is 2.31. The molecule has 4 heteroatoms. The molecule has 0 aromatic rings. The Labute approximate surface area is 101 Å². The Hall–Kier alpha value is -1.29. The zero-order valence-electron chi connectivity index (χ0n) is 10.1. The van der Waals surface area contributed by atoms with Crippen LogP contribution in [0.4, 0.5) is 4.79 Å². The fourth-order valence-electron chi connectivity index (χ4n) is 2.94. The SMILES string of the molecule is CC1C=C2C(=CC1)NC(=O)OC21CCNCC1. The lowest BCUT2D eigenvalue weighted by atomic mass is 9.78. The van der Waals surface area contributed by atoms with E-state index in [2.05, 4.69) is 29.7 Å². The van der Waals surface area contributed by atoms with E-state index in [1.54, 1.807) is 0 Å². The van der Waals surface area contributed by atoms with Crippen molar-refractivity contribution in [2.24, 2.45) is 5.92 Å². The summed E-state index contributed by atoms with van der Waals surface area (Å²) in [4.78, 5) is 11.7. The van der Waals surface area contributed by atoms with Crippen molar-refractivity contribution in [1.82, 2.24) is 10.6 Å². The van der Waals surface area contributed by atoms with Crippen molar-refractivity contribution >= 4 is 6.09 Å². The second kappa shape index (κ2) is 3.88. The van der Waals surface area contributed by atoms with Crippen molar-refractivity contribution in [2.45, 2.75) is 31.8 Å². The fourth-order valence-corrected chi connectivity index (χ4v) is 2.94. The van der Waals surface area contributed by atoms with Gasteiger partial charge in [-0.3, -0.25) is 5.32 Å².